The first-order chi connectivity index (χ1) is 10.7. The van der Waals surface area contributed by atoms with Gasteiger partial charge in [-0.25, -0.2) is 9.37 Å². The second-order valence-electron chi connectivity index (χ2n) is 4.87. The van der Waals surface area contributed by atoms with E-state index in [1.54, 1.807) is 18.2 Å². The summed E-state index contributed by atoms with van der Waals surface area (Å²) < 4.78 is 13.1. The second-order valence-corrected chi connectivity index (χ2v) is 5.27. The van der Waals surface area contributed by atoms with Crippen LogP contribution in [-0.4, -0.2) is 20.3 Å². The Labute approximate surface area is 131 Å². The summed E-state index contributed by atoms with van der Waals surface area (Å²) in [5, 5.41) is 17.9. The van der Waals surface area contributed by atoms with Crippen LogP contribution in [0.15, 0.2) is 54.9 Å². The van der Waals surface area contributed by atoms with Crippen LogP contribution in [0, 0.1) is 5.82 Å². The van der Waals surface area contributed by atoms with Gasteiger partial charge >= 0.3 is 0 Å². The molecule has 1 aromatic heterocycles. The molecule has 2 aromatic carbocycles. The summed E-state index contributed by atoms with van der Waals surface area (Å²) in [5.41, 5.74) is 1.29. The molecule has 0 spiro atoms. The number of H-pyrrole nitrogens is 1. The largest absolute Gasteiger partial charge is 0.387 e. The number of nitrogens with one attached hydrogen (secondary N) is 1. The van der Waals surface area contributed by atoms with E-state index in [1.165, 1.54) is 18.5 Å². The van der Waals surface area contributed by atoms with Gasteiger partial charge in [0.2, 0.25) is 0 Å². The fourth-order valence-corrected chi connectivity index (χ4v) is 2.66. The molecule has 0 radical (unpaired) electrons. The lowest BCUT2D eigenvalue weighted by Crippen LogP contribution is -2.14. The number of aromatic amines is 1. The molecule has 1 heterocycles. The molecule has 0 saturated heterocycles. The highest BCUT2D eigenvalue weighted by Crippen LogP contribution is 2.38. The summed E-state index contributed by atoms with van der Waals surface area (Å²) in [6.45, 7) is 0. The third-order valence-corrected chi connectivity index (χ3v) is 3.84. The Bertz CT molecular complexity index is 746. The van der Waals surface area contributed by atoms with Gasteiger partial charge < -0.3 is 5.11 Å². The van der Waals surface area contributed by atoms with E-state index in [-0.39, 0.29) is 5.82 Å². The number of hydrogen-bond donors (Lipinski definition) is 2. The molecule has 0 aliphatic heterocycles. The van der Waals surface area contributed by atoms with Crippen molar-refractivity contribution in [2.75, 3.05) is 0 Å². The number of nitrogens with zero attached hydrogens (tertiary/aromatic N) is 2. The number of aromatic nitrogens is 3. The van der Waals surface area contributed by atoms with Crippen LogP contribution in [-0.2, 0) is 0 Å². The lowest BCUT2D eigenvalue weighted by Gasteiger charge is -2.22. The van der Waals surface area contributed by atoms with Crippen molar-refractivity contribution >= 4 is 11.6 Å². The van der Waals surface area contributed by atoms with Crippen LogP contribution in [0.5, 0.6) is 0 Å². The molecular weight excluding hydrogens is 305 g/mol. The maximum atomic E-state index is 13.1. The summed E-state index contributed by atoms with van der Waals surface area (Å²) in [6, 6.07) is 12.9. The molecule has 6 heteroatoms. The van der Waals surface area contributed by atoms with E-state index < -0.39 is 12.0 Å². The van der Waals surface area contributed by atoms with Crippen molar-refractivity contribution in [3.63, 3.8) is 0 Å². The van der Waals surface area contributed by atoms with Crippen molar-refractivity contribution in [1.82, 2.24) is 15.2 Å². The van der Waals surface area contributed by atoms with Gasteiger partial charge in [-0.2, -0.15) is 5.10 Å². The Morgan fingerprint density at radius 3 is 2.45 bits per heavy atom. The highest BCUT2D eigenvalue weighted by atomic mass is 35.5. The van der Waals surface area contributed by atoms with Crippen molar-refractivity contribution in [3.8, 4) is 0 Å². The van der Waals surface area contributed by atoms with Crippen LogP contribution in [0.2, 0.25) is 5.02 Å². The average Bonchev–Trinajstić information content (AvgIpc) is 3.04. The number of rotatable bonds is 4. The molecule has 0 aliphatic rings. The van der Waals surface area contributed by atoms with E-state index in [1.807, 2.05) is 18.2 Å². The molecule has 0 saturated carbocycles. The average molecular weight is 318 g/mol. The number of halogens is 2. The molecule has 2 atom stereocenters. The molecule has 0 aliphatic carbocycles. The van der Waals surface area contributed by atoms with Crippen molar-refractivity contribution in [1.29, 1.82) is 0 Å². The van der Waals surface area contributed by atoms with Crippen LogP contribution in [0.4, 0.5) is 4.39 Å². The minimum Gasteiger partial charge on any atom is -0.387 e. The fraction of sp³-hybridized carbons (Fsp3) is 0.125. The molecule has 0 fully saturated rings. The highest BCUT2D eigenvalue weighted by Gasteiger charge is 2.28. The number of benzene rings is 2. The zero-order valence-electron chi connectivity index (χ0n) is 11.4. The van der Waals surface area contributed by atoms with E-state index in [0.717, 1.165) is 5.56 Å². The molecule has 2 unspecified atom stereocenters. The highest BCUT2D eigenvalue weighted by molar-refractivity contribution is 6.31. The van der Waals surface area contributed by atoms with Gasteiger partial charge in [-0.3, -0.25) is 5.10 Å². The Balaban J connectivity index is 2.06. The van der Waals surface area contributed by atoms with Gasteiger partial charge in [0.05, 0.1) is 12.0 Å². The molecule has 112 valence electrons. The summed E-state index contributed by atoms with van der Waals surface area (Å²) >= 11 is 6.26. The summed E-state index contributed by atoms with van der Waals surface area (Å²) in [7, 11) is 0. The third-order valence-electron chi connectivity index (χ3n) is 3.50. The SMILES string of the molecule is OC(c1ccc(F)cc1)C(c1ncn[nH]1)c1ccccc1Cl. The van der Waals surface area contributed by atoms with E-state index in [9.17, 15) is 9.50 Å². The minimum absolute atomic E-state index is 0.357. The first kappa shape index (κ1) is 14.7. The Morgan fingerprint density at radius 2 is 1.82 bits per heavy atom. The van der Waals surface area contributed by atoms with Crippen molar-refractivity contribution in [2.24, 2.45) is 0 Å². The van der Waals surface area contributed by atoms with Gasteiger partial charge in [0.25, 0.3) is 0 Å². The maximum Gasteiger partial charge on any atom is 0.137 e. The zero-order chi connectivity index (χ0) is 15.5. The quantitative estimate of drug-likeness (QED) is 0.774. The van der Waals surface area contributed by atoms with E-state index in [4.69, 9.17) is 11.6 Å². The zero-order valence-corrected chi connectivity index (χ0v) is 12.2. The number of aliphatic hydroxyl groups excluding tert-OH is 1. The normalized spacial score (nSPS) is 13.8. The first-order valence-corrected chi connectivity index (χ1v) is 7.08. The molecule has 22 heavy (non-hydrogen) atoms. The molecule has 3 rings (SSSR count). The predicted octanol–water partition coefficient (Wildman–Crippen LogP) is 3.46. The Kier molecular flexibility index (Phi) is 4.18. The fourth-order valence-electron chi connectivity index (χ4n) is 2.41. The van der Waals surface area contributed by atoms with Gasteiger partial charge in [-0.15, -0.1) is 0 Å². The molecule has 3 aromatic rings. The first-order valence-electron chi connectivity index (χ1n) is 6.70. The summed E-state index contributed by atoms with van der Waals surface area (Å²) in [4.78, 5) is 4.14. The van der Waals surface area contributed by atoms with Gasteiger partial charge in [-0.05, 0) is 29.3 Å². The number of hydrogen-bond acceptors (Lipinski definition) is 3. The van der Waals surface area contributed by atoms with Crippen LogP contribution in [0.1, 0.15) is 29.0 Å². The molecule has 4 nitrogen and oxygen atoms in total. The lowest BCUT2D eigenvalue weighted by molar-refractivity contribution is 0.156. The van der Waals surface area contributed by atoms with Gasteiger partial charge in [0, 0.05) is 5.02 Å². The molecule has 0 amide bonds. The van der Waals surface area contributed by atoms with Crippen LogP contribution in [0.25, 0.3) is 0 Å². The molecule has 2 N–H and O–H groups in total. The minimum atomic E-state index is -0.937. The van der Waals surface area contributed by atoms with Gasteiger partial charge in [-0.1, -0.05) is 41.9 Å². The Morgan fingerprint density at radius 1 is 1.09 bits per heavy atom. The van der Waals surface area contributed by atoms with Crippen LogP contribution >= 0.6 is 11.6 Å². The molecular formula is C16H13ClFN3O. The monoisotopic (exact) mass is 317 g/mol. The standard InChI is InChI=1S/C16H13ClFN3O/c17-13-4-2-1-3-12(13)14(16-19-9-20-21-16)15(22)10-5-7-11(18)8-6-10/h1-9,14-15,22H,(H,19,20,21). The maximum absolute atomic E-state index is 13.1. The van der Waals surface area contributed by atoms with E-state index >= 15 is 0 Å². The topological polar surface area (TPSA) is 61.8 Å². The summed E-state index contributed by atoms with van der Waals surface area (Å²) in [6.07, 6.45) is 0.435. The van der Waals surface area contributed by atoms with E-state index in [2.05, 4.69) is 15.2 Å². The second kappa shape index (κ2) is 6.25. The van der Waals surface area contributed by atoms with E-state index in [0.29, 0.717) is 16.4 Å². The van der Waals surface area contributed by atoms with Gasteiger partial charge in [0.1, 0.15) is 18.0 Å². The smallest absolute Gasteiger partial charge is 0.137 e. The van der Waals surface area contributed by atoms with Crippen LogP contribution < -0.4 is 0 Å². The van der Waals surface area contributed by atoms with Crippen molar-refractivity contribution in [2.45, 2.75) is 12.0 Å². The molecule has 0 bridgehead atoms. The summed E-state index contributed by atoms with van der Waals surface area (Å²) in [5.74, 6) is -0.392. The number of aliphatic hydroxyl groups is 1. The van der Waals surface area contributed by atoms with Crippen molar-refractivity contribution in [3.05, 3.63) is 82.6 Å². The van der Waals surface area contributed by atoms with Crippen molar-refractivity contribution < 1.29 is 9.50 Å². The third kappa shape index (κ3) is 2.86. The predicted molar refractivity (Wildman–Crippen MR) is 81.0 cm³/mol. The Hall–Kier alpha value is -2.24. The van der Waals surface area contributed by atoms with Crippen LogP contribution in [0.3, 0.4) is 0 Å². The lowest BCUT2D eigenvalue weighted by atomic mass is 9.88. The van der Waals surface area contributed by atoms with Gasteiger partial charge in [0.15, 0.2) is 0 Å².